The number of thioether (sulfide) groups is 1. The minimum absolute atomic E-state index is 0.340. The Morgan fingerprint density at radius 3 is 2.61 bits per heavy atom. The van der Waals surface area contributed by atoms with Crippen molar-refractivity contribution in [2.24, 2.45) is 0 Å². The number of amides is 2. The van der Waals surface area contributed by atoms with Gasteiger partial charge < -0.3 is 4.74 Å². The van der Waals surface area contributed by atoms with Crippen LogP contribution in [0.1, 0.15) is 16.7 Å². The summed E-state index contributed by atoms with van der Waals surface area (Å²) in [4.78, 5) is 23.1. The monoisotopic (exact) mass is 325 g/mol. The van der Waals surface area contributed by atoms with Gasteiger partial charge in [0.2, 0.25) is 0 Å². The number of hydrogen-bond acceptors (Lipinski definition) is 4. The molecule has 1 aliphatic rings. The molecule has 0 saturated carbocycles. The molecular formula is C18H15NO3S. The van der Waals surface area contributed by atoms with Crippen molar-refractivity contribution in [1.82, 2.24) is 5.32 Å². The zero-order chi connectivity index (χ0) is 16.2. The maximum absolute atomic E-state index is 11.6. The molecule has 0 atom stereocenters. The van der Waals surface area contributed by atoms with E-state index in [1.807, 2.05) is 55.5 Å². The molecule has 4 nitrogen and oxygen atoms in total. The molecule has 0 spiro atoms. The highest BCUT2D eigenvalue weighted by molar-refractivity contribution is 8.18. The van der Waals surface area contributed by atoms with E-state index in [0.29, 0.717) is 11.5 Å². The molecule has 1 fully saturated rings. The average molecular weight is 325 g/mol. The second-order valence-electron chi connectivity index (χ2n) is 5.20. The van der Waals surface area contributed by atoms with E-state index >= 15 is 0 Å². The Hall–Kier alpha value is -2.53. The lowest BCUT2D eigenvalue weighted by molar-refractivity contribution is -0.115. The van der Waals surface area contributed by atoms with Gasteiger partial charge >= 0.3 is 0 Å². The quantitative estimate of drug-likeness (QED) is 0.866. The molecule has 1 aliphatic heterocycles. The van der Waals surface area contributed by atoms with Gasteiger partial charge in [0.15, 0.2) is 0 Å². The number of ether oxygens (including phenoxy) is 1. The summed E-state index contributed by atoms with van der Waals surface area (Å²) in [5.74, 6) is 0.362. The lowest BCUT2D eigenvalue weighted by atomic mass is 10.1. The van der Waals surface area contributed by atoms with Gasteiger partial charge in [0.1, 0.15) is 12.4 Å². The van der Waals surface area contributed by atoms with E-state index in [1.54, 1.807) is 6.08 Å². The molecule has 1 heterocycles. The number of hydrogen-bond donors (Lipinski definition) is 1. The summed E-state index contributed by atoms with van der Waals surface area (Å²) in [6, 6.07) is 15.6. The van der Waals surface area contributed by atoms with Crippen molar-refractivity contribution in [2.45, 2.75) is 13.5 Å². The molecular weight excluding hydrogens is 310 g/mol. The first-order valence-electron chi connectivity index (χ1n) is 7.13. The van der Waals surface area contributed by atoms with Gasteiger partial charge in [0, 0.05) is 0 Å². The smallest absolute Gasteiger partial charge is 0.290 e. The molecule has 3 rings (SSSR count). The summed E-state index contributed by atoms with van der Waals surface area (Å²) >= 11 is 0.907. The van der Waals surface area contributed by atoms with E-state index in [2.05, 4.69) is 5.32 Å². The van der Waals surface area contributed by atoms with Crippen LogP contribution in [0.3, 0.4) is 0 Å². The normalized spacial score (nSPS) is 15.8. The molecule has 1 N–H and O–H groups in total. The van der Waals surface area contributed by atoms with Crippen molar-refractivity contribution in [3.05, 3.63) is 70.1 Å². The summed E-state index contributed by atoms with van der Waals surface area (Å²) in [5, 5.41) is 1.90. The Bertz CT molecular complexity index is 781. The highest BCUT2D eigenvalue weighted by Gasteiger charge is 2.24. The van der Waals surface area contributed by atoms with E-state index in [1.165, 1.54) is 5.56 Å². The van der Waals surface area contributed by atoms with Crippen molar-refractivity contribution in [3.8, 4) is 5.75 Å². The van der Waals surface area contributed by atoms with Crippen molar-refractivity contribution in [2.75, 3.05) is 0 Å². The van der Waals surface area contributed by atoms with Crippen LogP contribution < -0.4 is 10.1 Å². The first-order valence-corrected chi connectivity index (χ1v) is 7.95. The van der Waals surface area contributed by atoms with E-state index in [4.69, 9.17) is 4.74 Å². The maximum Gasteiger partial charge on any atom is 0.290 e. The number of carbonyl (C=O) groups excluding carboxylic acids is 2. The van der Waals surface area contributed by atoms with Crippen LogP contribution in [0.2, 0.25) is 0 Å². The molecule has 2 amide bonds. The molecule has 23 heavy (non-hydrogen) atoms. The third-order valence-electron chi connectivity index (χ3n) is 3.32. The summed E-state index contributed by atoms with van der Waals surface area (Å²) in [6.45, 7) is 2.53. The van der Waals surface area contributed by atoms with Crippen LogP contribution >= 0.6 is 11.8 Å². The van der Waals surface area contributed by atoms with Gasteiger partial charge in [-0.1, -0.05) is 42.0 Å². The van der Waals surface area contributed by atoms with Gasteiger partial charge in [-0.2, -0.15) is 0 Å². The molecule has 116 valence electrons. The number of rotatable bonds is 4. The summed E-state index contributed by atoms with van der Waals surface area (Å²) in [7, 11) is 0. The second kappa shape index (κ2) is 6.71. The average Bonchev–Trinajstić information content (AvgIpc) is 2.85. The van der Waals surface area contributed by atoms with E-state index in [0.717, 1.165) is 28.6 Å². The van der Waals surface area contributed by atoms with Crippen LogP contribution in [0.15, 0.2) is 53.4 Å². The topological polar surface area (TPSA) is 55.4 Å². The summed E-state index contributed by atoms with van der Waals surface area (Å²) in [5.41, 5.74) is 3.12. The fourth-order valence-electron chi connectivity index (χ4n) is 2.12. The van der Waals surface area contributed by atoms with Gasteiger partial charge in [-0.3, -0.25) is 14.9 Å². The van der Waals surface area contributed by atoms with Crippen LogP contribution in [0, 0.1) is 6.92 Å². The number of benzene rings is 2. The Morgan fingerprint density at radius 2 is 1.91 bits per heavy atom. The SMILES string of the molecule is Cc1ccc(COc2cccc(/C=C3\SC(=O)NC3=O)c2)cc1. The van der Waals surface area contributed by atoms with Crippen LogP contribution in [0.4, 0.5) is 4.79 Å². The highest BCUT2D eigenvalue weighted by Crippen LogP contribution is 2.26. The molecule has 0 radical (unpaired) electrons. The fourth-order valence-corrected chi connectivity index (χ4v) is 2.80. The van der Waals surface area contributed by atoms with E-state index in [-0.39, 0.29) is 11.1 Å². The fraction of sp³-hybridized carbons (Fsp3) is 0.111. The predicted molar refractivity (Wildman–Crippen MR) is 91.1 cm³/mol. The van der Waals surface area contributed by atoms with Gasteiger partial charge in [-0.25, -0.2) is 0 Å². The third kappa shape index (κ3) is 4.02. The zero-order valence-corrected chi connectivity index (χ0v) is 13.4. The van der Waals surface area contributed by atoms with Crippen LogP contribution in [-0.2, 0) is 11.4 Å². The second-order valence-corrected chi connectivity index (χ2v) is 6.21. The minimum atomic E-state index is -0.356. The van der Waals surface area contributed by atoms with Gasteiger partial charge in [0.25, 0.3) is 11.1 Å². The van der Waals surface area contributed by atoms with Crippen molar-refractivity contribution in [3.63, 3.8) is 0 Å². The zero-order valence-electron chi connectivity index (χ0n) is 12.5. The Balaban J connectivity index is 1.70. The summed E-state index contributed by atoms with van der Waals surface area (Å²) < 4.78 is 5.78. The van der Waals surface area contributed by atoms with Gasteiger partial charge in [0.05, 0.1) is 4.91 Å². The summed E-state index contributed by atoms with van der Waals surface area (Å²) in [6.07, 6.45) is 1.68. The molecule has 5 heteroatoms. The Kier molecular flexibility index (Phi) is 4.48. The van der Waals surface area contributed by atoms with Crippen molar-refractivity contribution >= 4 is 29.0 Å². The number of imide groups is 1. The van der Waals surface area contributed by atoms with Crippen molar-refractivity contribution in [1.29, 1.82) is 0 Å². The van der Waals surface area contributed by atoms with E-state index < -0.39 is 0 Å². The number of nitrogens with one attached hydrogen (secondary N) is 1. The molecule has 0 aromatic heterocycles. The first-order chi connectivity index (χ1) is 11.1. The van der Waals surface area contributed by atoms with Gasteiger partial charge in [-0.15, -0.1) is 0 Å². The minimum Gasteiger partial charge on any atom is -0.489 e. The number of carbonyl (C=O) groups is 2. The van der Waals surface area contributed by atoms with Crippen LogP contribution in [0.5, 0.6) is 5.75 Å². The maximum atomic E-state index is 11.6. The van der Waals surface area contributed by atoms with Crippen molar-refractivity contribution < 1.29 is 14.3 Å². The number of aryl methyl sites for hydroxylation is 1. The van der Waals surface area contributed by atoms with Gasteiger partial charge in [-0.05, 0) is 48.0 Å². The predicted octanol–water partition coefficient (Wildman–Crippen LogP) is 3.90. The Morgan fingerprint density at radius 1 is 1.13 bits per heavy atom. The standard InChI is InChI=1S/C18H15NO3S/c1-12-5-7-13(8-6-12)11-22-15-4-2-3-14(9-15)10-16-17(20)19-18(21)23-16/h2-10H,11H2,1H3,(H,19,20,21)/b16-10-. The molecule has 0 bridgehead atoms. The van der Waals surface area contributed by atoms with E-state index in [9.17, 15) is 9.59 Å². The molecule has 2 aromatic carbocycles. The Labute approximate surface area is 138 Å². The first kappa shape index (κ1) is 15.4. The largest absolute Gasteiger partial charge is 0.489 e. The van der Waals surface area contributed by atoms with Crippen LogP contribution in [-0.4, -0.2) is 11.1 Å². The van der Waals surface area contributed by atoms with Crippen LogP contribution in [0.25, 0.3) is 6.08 Å². The molecule has 0 unspecified atom stereocenters. The molecule has 2 aromatic rings. The third-order valence-corrected chi connectivity index (χ3v) is 4.13. The lowest BCUT2D eigenvalue weighted by Crippen LogP contribution is -2.17. The molecule has 1 saturated heterocycles. The lowest BCUT2D eigenvalue weighted by Gasteiger charge is -2.07. The molecule has 0 aliphatic carbocycles. The highest BCUT2D eigenvalue weighted by atomic mass is 32.2.